The Labute approximate surface area is 92.3 Å². The Morgan fingerprint density at radius 1 is 1.50 bits per heavy atom. The Hall–Kier alpha value is 0.160. The van der Waals surface area contributed by atoms with Gasteiger partial charge in [0.05, 0.1) is 5.25 Å². The van der Waals surface area contributed by atoms with Gasteiger partial charge in [-0.05, 0) is 18.9 Å². The summed E-state index contributed by atoms with van der Waals surface area (Å²) in [5.41, 5.74) is 0. The zero-order valence-electron chi connectivity index (χ0n) is 8.62. The Morgan fingerprint density at radius 3 is 2.57 bits per heavy atom. The van der Waals surface area contributed by atoms with Crippen molar-refractivity contribution in [1.82, 2.24) is 10.0 Å². The SMILES string of the molecule is CC(C)CNS(=O)(=O)C1CCNC1.Cl. The van der Waals surface area contributed by atoms with Crippen LogP contribution in [0.4, 0.5) is 0 Å². The van der Waals surface area contributed by atoms with Crippen LogP contribution in [0.1, 0.15) is 20.3 Å². The van der Waals surface area contributed by atoms with Crippen molar-refractivity contribution >= 4 is 22.4 Å². The van der Waals surface area contributed by atoms with Crippen LogP contribution in [-0.4, -0.2) is 33.3 Å². The molecule has 1 aliphatic heterocycles. The molecule has 0 aromatic carbocycles. The van der Waals surface area contributed by atoms with Crippen LogP contribution in [0.3, 0.4) is 0 Å². The lowest BCUT2D eigenvalue weighted by atomic mass is 10.2. The second-order valence-corrected chi connectivity index (χ2v) is 5.95. The molecule has 0 aromatic heterocycles. The van der Waals surface area contributed by atoms with Crippen molar-refractivity contribution in [2.24, 2.45) is 5.92 Å². The summed E-state index contributed by atoms with van der Waals surface area (Å²) in [4.78, 5) is 0. The Balaban J connectivity index is 0.00000169. The second kappa shape index (κ2) is 5.90. The summed E-state index contributed by atoms with van der Waals surface area (Å²) in [6.45, 7) is 5.93. The number of rotatable bonds is 4. The molecule has 0 bridgehead atoms. The summed E-state index contributed by atoms with van der Waals surface area (Å²) in [5, 5.41) is 2.82. The van der Waals surface area contributed by atoms with Crippen LogP contribution >= 0.6 is 12.4 Å². The molecule has 0 amide bonds. The number of hydrogen-bond acceptors (Lipinski definition) is 3. The smallest absolute Gasteiger partial charge is 0.215 e. The molecule has 0 aliphatic carbocycles. The number of nitrogens with one attached hydrogen (secondary N) is 2. The first-order valence-electron chi connectivity index (χ1n) is 4.71. The van der Waals surface area contributed by atoms with Crippen LogP contribution < -0.4 is 10.0 Å². The Morgan fingerprint density at radius 2 is 2.14 bits per heavy atom. The van der Waals surface area contributed by atoms with Gasteiger partial charge in [-0.3, -0.25) is 0 Å². The van der Waals surface area contributed by atoms with Gasteiger partial charge in [0.2, 0.25) is 10.0 Å². The van der Waals surface area contributed by atoms with Gasteiger partial charge in [0.15, 0.2) is 0 Å². The fourth-order valence-electron chi connectivity index (χ4n) is 1.29. The average molecular weight is 243 g/mol. The molecule has 2 N–H and O–H groups in total. The highest BCUT2D eigenvalue weighted by Crippen LogP contribution is 2.08. The third-order valence-electron chi connectivity index (χ3n) is 2.15. The van der Waals surface area contributed by atoms with Gasteiger partial charge in [0, 0.05) is 13.1 Å². The molecule has 1 aliphatic rings. The van der Waals surface area contributed by atoms with E-state index in [9.17, 15) is 8.42 Å². The van der Waals surface area contributed by atoms with E-state index in [1.807, 2.05) is 13.8 Å². The standard InChI is InChI=1S/C8H18N2O2S.ClH/c1-7(2)5-10-13(11,12)8-3-4-9-6-8;/h7-10H,3-6H2,1-2H3;1H. The molecule has 0 radical (unpaired) electrons. The van der Waals surface area contributed by atoms with Crippen LogP contribution in [-0.2, 0) is 10.0 Å². The van der Waals surface area contributed by atoms with Gasteiger partial charge in [0.25, 0.3) is 0 Å². The van der Waals surface area contributed by atoms with E-state index in [1.165, 1.54) is 0 Å². The van der Waals surface area contributed by atoms with Gasteiger partial charge < -0.3 is 5.32 Å². The molecule has 14 heavy (non-hydrogen) atoms. The van der Waals surface area contributed by atoms with Crippen LogP contribution in [0.15, 0.2) is 0 Å². The molecule has 0 saturated carbocycles. The lowest BCUT2D eigenvalue weighted by Crippen LogP contribution is -2.37. The monoisotopic (exact) mass is 242 g/mol. The van der Waals surface area contributed by atoms with Crippen molar-refractivity contribution in [3.8, 4) is 0 Å². The molecule has 0 aromatic rings. The molecule has 1 atom stereocenters. The molecule has 1 unspecified atom stereocenters. The summed E-state index contributed by atoms with van der Waals surface area (Å²) in [6, 6.07) is 0. The van der Waals surface area contributed by atoms with Crippen molar-refractivity contribution in [2.75, 3.05) is 19.6 Å². The average Bonchev–Trinajstić information content (AvgIpc) is 2.53. The minimum atomic E-state index is -3.07. The van der Waals surface area contributed by atoms with Crippen LogP contribution in [0, 0.1) is 5.92 Å². The molecular weight excluding hydrogens is 224 g/mol. The fourth-order valence-corrected chi connectivity index (χ4v) is 2.86. The van der Waals surface area contributed by atoms with Crippen LogP contribution in [0.2, 0.25) is 0 Å². The summed E-state index contributed by atoms with van der Waals surface area (Å²) in [5.74, 6) is 0.365. The molecule has 0 spiro atoms. The Bertz CT molecular complexity index is 248. The molecule has 1 saturated heterocycles. The van der Waals surface area contributed by atoms with E-state index in [4.69, 9.17) is 0 Å². The normalized spacial score (nSPS) is 22.4. The highest BCUT2D eigenvalue weighted by atomic mass is 35.5. The van der Waals surface area contributed by atoms with Crippen LogP contribution in [0.25, 0.3) is 0 Å². The molecule has 4 nitrogen and oxygen atoms in total. The molecule has 1 fully saturated rings. The first-order valence-corrected chi connectivity index (χ1v) is 6.26. The molecular formula is C8H19ClN2O2S. The summed E-state index contributed by atoms with van der Waals surface area (Å²) < 4.78 is 25.8. The summed E-state index contributed by atoms with van der Waals surface area (Å²) >= 11 is 0. The molecule has 86 valence electrons. The van der Waals surface area contributed by atoms with Crippen molar-refractivity contribution in [3.05, 3.63) is 0 Å². The quantitative estimate of drug-likeness (QED) is 0.748. The minimum absolute atomic E-state index is 0. The van der Waals surface area contributed by atoms with E-state index in [-0.39, 0.29) is 17.7 Å². The highest BCUT2D eigenvalue weighted by molar-refractivity contribution is 7.90. The lowest BCUT2D eigenvalue weighted by molar-refractivity contribution is 0.549. The minimum Gasteiger partial charge on any atom is -0.315 e. The van der Waals surface area contributed by atoms with E-state index < -0.39 is 10.0 Å². The van der Waals surface area contributed by atoms with E-state index in [0.717, 1.165) is 13.0 Å². The van der Waals surface area contributed by atoms with E-state index in [1.54, 1.807) is 0 Å². The second-order valence-electron chi connectivity index (χ2n) is 3.90. The van der Waals surface area contributed by atoms with Crippen LogP contribution in [0.5, 0.6) is 0 Å². The predicted octanol–water partition coefficient (Wildman–Crippen LogP) is 0.345. The van der Waals surface area contributed by atoms with Gasteiger partial charge in [0.1, 0.15) is 0 Å². The lowest BCUT2D eigenvalue weighted by Gasteiger charge is -2.12. The maximum Gasteiger partial charge on any atom is 0.215 e. The number of hydrogen-bond donors (Lipinski definition) is 2. The maximum atomic E-state index is 11.6. The summed E-state index contributed by atoms with van der Waals surface area (Å²) in [6.07, 6.45) is 0.730. The first kappa shape index (κ1) is 14.2. The summed E-state index contributed by atoms with van der Waals surface area (Å²) in [7, 11) is -3.07. The highest BCUT2D eigenvalue weighted by Gasteiger charge is 2.27. The van der Waals surface area contributed by atoms with Crippen molar-refractivity contribution in [2.45, 2.75) is 25.5 Å². The number of sulfonamides is 1. The van der Waals surface area contributed by atoms with Gasteiger partial charge in [-0.1, -0.05) is 13.8 Å². The predicted molar refractivity (Wildman–Crippen MR) is 60.3 cm³/mol. The van der Waals surface area contributed by atoms with Gasteiger partial charge in [-0.15, -0.1) is 12.4 Å². The Kier molecular flexibility index (Phi) is 5.97. The third kappa shape index (κ3) is 4.13. The van der Waals surface area contributed by atoms with E-state index >= 15 is 0 Å². The maximum absolute atomic E-state index is 11.6. The van der Waals surface area contributed by atoms with Crippen molar-refractivity contribution in [1.29, 1.82) is 0 Å². The molecule has 1 rings (SSSR count). The fraction of sp³-hybridized carbons (Fsp3) is 1.00. The van der Waals surface area contributed by atoms with Gasteiger partial charge in [-0.2, -0.15) is 0 Å². The molecule has 1 heterocycles. The van der Waals surface area contributed by atoms with Crippen molar-refractivity contribution < 1.29 is 8.42 Å². The zero-order chi connectivity index (χ0) is 9.90. The van der Waals surface area contributed by atoms with E-state index in [0.29, 0.717) is 19.0 Å². The van der Waals surface area contributed by atoms with Crippen molar-refractivity contribution in [3.63, 3.8) is 0 Å². The van der Waals surface area contributed by atoms with Gasteiger partial charge in [-0.25, -0.2) is 13.1 Å². The number of halogens is 1. The zero-order valence-corrected chi connectivity index (χ0v) is 10.2. The van der Waals surface area contributed by atoms with E-state index in [2.05, 4.69) is 10.0 Å². The third-order valence-corrected chi connectivity index (χ3v) is 4.00. The largest absolute Gasteiger partial charge is 0.315 e. The first-order chi connectivity index (χ1) is 6.02. The van der Waals surface area contributed by atoms with Gasteiger partial charge >= 0.3 is 0 Å². The topological polar surface area (TPSA) is 58.2 Å². The molecule has 6 heteroatoms.